The molecule has 0 aromatic heterocycles. The molecule has 4 nitrogen and oxygen atoms in total. The van der Waals surface area contributed by atoms with Crippen molar-refractivity contribution < 1.29 is 9.59 Å². The summed E-state index contributed by atoms with van der Waals surface area (Å²) in [4.78, 5) is 28.3. The summed E-state index contributed by atoms with van der Waals surface area (Å²) in [6.45, 7) is 3.15. The van der Waals surface area contributed by atoms with Gasteiger partial charge in [-0.25, -0.2) is 0 Å². The van der Waals surface area contributed by atoms with Crippen molar-refractivity contribution in [1.29, 1.82) is 0 Å². The zero-order valence-corrected chi connectivity index (χ0v) is 12.4. The van der Waals surface area contributed by atoms with Crippen molar-refractivity contribution in [3.8, 4) is 0 Å². The Morgan fingerprint density at radius 2 is 1.30 bits per heavy atom. The third kappa shape index (κ3) is 2.84. The van der Waals surface area contributed by atoms with Crippen LogP contribution in [0.15, 0.2) is 0 Å². The molecule has 0 radical (unpaired) electrons. The third-order valence-electron chi connectivity index (χ3n) is 5.40. The summed E-state index contributed by atoms with van der Waals surface area (Å²) in [7, 11) is 0. The van der Waals surface area contributed by atoms with E-state index >= 15 is 0 Å². The van der Waals surface area contributed by atoms with E-state index in [4.69, 9.17) is 0 Å². The summed E-state index contributed by atoms with van der Waals surface area (Å²) in [6, 6.07) is 0. The first-order valence-electron chi connectivity index (χ1n) is 8.34. The van der Waals surface area contributed by atoms with Crippen molar-refractivity contribution in [2.45, 2.75) is 51.4 Å². The monoisotopic (exact) mass is 278 g/mol. The molecule has 1 aliphatic carbocycles. The zero-order valence-electron chi connectivity index (χ0n) is 12.4. The van der Waals surface area contributed by atoms with Crippen molar-refractivity contribution >= 4 is 11.8 Å². The summed E-state index contributed by atoms with van der Waals surface area (Å²) in [5.74, 6) is 0.961. The molecule has 3 rings (SSSR count). The molecule has 3 fully saturated rings. The molecule has 0 bridgehead atoms. The standard InChI is InChI=1S/C16H26N2O2/c19-15(17-9-4-1-5-10-17)16(20)18-11-8-13-6-2-3-7-14(13)12-18/h13-14H,1-12H2. The summed E-state index contributed by atoms with van der Waals surface area (Å²) >= 11 is 0. The molecule has 112 valence electrons. The van der Waals surface area contributed by atoms with Crippen molar-refractivity contribution in [2.24, 2.45) is 11.8 Å². The summed E-state index contributed by atoms with van der Waals surface area (Å²) < 4.78 is 0. The molecule has 2 saturated heterocycles. The van der Waals surface area contributed by atoms with E-state index in [9.17, 15) is 9.59 Å². The molecule has 2 unspecified atom stereocenters. The van der Waals surface area contributed by atoms with Gasteiger partial charge in [-0.3, -0.25) is 9.59 Å². The van der Waals surface area contributed by atoms with Gasteiger partial charge in [0, 0.05) is 26.2 Å². The van der Waals surface area contributed by atoms with Gasteiger partial charge in [0.1, 0.15) is 0 Å². The molecule has 20 heavy (non-hydrogen) atoms. The summed E-state index contributed by atoms with van der Waals surface area (Å²) in [6.07, 6.45) is 9.59. The van der Waals surface area contributed by atoms with Gasteiger partial charge < -0.3 is 9.80 Å². The van der Waals surface area contributed by atoms with Gasteiger partial charge in [-0.1, -0.05) is 19.3 Å². The lowest BCUT2D eigenvalue weighted by atomic mass is 9.75. The van der Waals surface area contributed by atoms with E-state index in [2.05, 4.69) is 0 Å². The molecule has 0 aromatic rings. The van der Waals surface area contributed by atoms with Gasteiger partial charge in [0.25, 0.3) is 0 Å². The number of likely N-dealkylation sites (tertiary alicyclic amines) is 2. The second kappa shape index (κ2) is 6.15. The maximum Gasteiger partial charge on any atom is 0.312 e. The molecule has 4 heteroatoms. The largest absolute Gasteiger partial charge is 0.334 e. The maximum atomic E-state index is 12.4. The van der Waals surface area contributed by atoms with Crippen LogP contribution in [-0.4, -0.2) is 47.8 Å². The maximum absolute atomic E-state index is 12.4. The fraction of sp³-hybridized carbons (Fsp3) is 0.875. The minimum absolute atomic E-state index is 0.240. The molecule has 0 spiro atoms. The van der Waals surface area contributed by atoms with Crippen LogP contribution < -0.4 is 0 Å². The predicted octanol–water partition coefficient (Wildman–Crippen LogP) is 2.04. The highest BCUT2D eigenvalue weighted by atomic mass is 16.2. The second-order valence-corrected chi connectivity index (χ2v) is 6.70. The number of carbonyl (C=O) groups is 2. The molecule has 3 aliphatic rings. The molecule has 2 atom stereocenters. The Morgan fingerprint density at radius 3 is 2.05 bits per heavy atom. The van der Waals surface area contributed by atoms with Gasteiger partial charge >= 0.3 is 11.8 Å². The van der Waals surface area contributed by atoms with Crippen LogP contribution in [0.25, 0.3) is 0 Å². The predicted molar refractivity (Wildman–Crippen MR) is 77.1 cm³/mol. The van der Waals surface area contributed by atoms with Crippen LogP contribution in [0.1, 0.15) is 51.4 Å². The van der Waals surface area contributed by atoms with Crippen LogP contribution in [0.4, 0.5) is 0 Å². The first-order valence-corrected chi connectivity index (χ1v) is 8.34. The Balaban J connectivity index is 1.58. The quantitative estimate of drug-likeness (QED) is 0.636. The van der Waals surface area contributed by atoms with E-state index in [1.54, 1.807) is 4.90 Å². The van der Waals surface area contributed by atoms with Gasteiger partial charge in [-0.2, -0.15) is 0 Å². The van der Waals surface area contributed by atoms with E-state index in [-0.39, 0.29) is 11.8 Å². The van der Waals surface area contributed by atoms with Gasteiger partial charge in [0.2, 0.25) is 0 Å². The molecule has 0 N–H and O–H groups in total. The molecule has 2 aliphatic heterocycles. The Kier molecular flexibility index (Phi) is 4.27. The molecule has 0 aromatic carbocycles. The number of rotatable bonds is 0. The minimum atomic E-state index is -0.251. The number of amides is 2. The van der Waals surface area contributed by atoms with Crippen molar-refractivity contribution in [2.75, 3.05) is 26.2 Å². The average molecular weight is 278 g/mol. The summed E-state index contributed by atoms with van der Waals surface area (Å²) in [5, 5.41) is 0. The van der Waals surface area contributed by atoms with Gasteiger partial charge in [-0.05, 0) is 43.9 Å². The topological polar surface area (TPSA) is 40.6 Å². The van der Waals surface area contributed by atoms with Crippen LogP contribution in [0, 0.1) is 11.8 Å². The highest BCUT2D eigenvalue weighted by Gasteiger charge is 2.36. The van der Waals surface area contributed by atoms with E-state index < -0.39 is 0 Å². The fourth-order valence-electron chi connectivity index (χ4n) is 4.15. The molecule has 2 amide bonds. The van der Waals surface area contributed by atoms with Crippen LogP contribution in [-0.2, 0) is 9.59 Å². The summed E-state index contributed by atoms with van der Waals surface area (Å²) in [5.41, 5.74) is 0. The second-order valence-electron chi connectivity index (χ2n) is 6.70. The Hall–Kier alpha value is -1.06. The molecular formula is C16H26N2O2. The minimum Gasteiger partial charge on any atom is -0.334 e. The highest BCUT2D eigenvalue weighted by Crippen LogP contribution is 2.36. The van der Waals surface area contributed by atoms with Gasteiger partial charge in [0.15, 0.2) is 0 Å². The van der Waals surface area contributed by atoms with Crippen molar-refractivity contribution in [3.05, 3.63) is 0 Å². The van der Waals surface area contributed by atoms with Crippen LogP contribution in [0.5, 0.6) is 0 Å². The van der Waals surface area contributed by atoms with Crippen LogP contribution >= 0.6 is 0 Å². The highest BCUT2D eigenvalue weighted by molar-refractivity contribution is 6.34. The number of hydrogen-bond acceptors (Lipinski definition) is 2. The number of fused-ring (bicyclic) bond motifs is 1. The van der Waals surface area contributed by atoms with Crippen LogP contribution in [0.2, 0.25) is 0 Å². The first-order chi connectivity index (χ1) is 9.75. The van der Waals surface area contributed by atoms with Gasteiger partial charge in [0.05, 0.1) is 0 Å². The Morgan fingerprint density at radius 1 is 0.650 bits per heavy atom. The lowest BCUT2D eigenvalue weighted by Gasteiger charge is -2.41. The Bertz CT molecular complexity index is 377. The smallest absolute Gasteiger partial charge is 0.312 e. The van der Waals surface area contributed by atoms with Crippen molar-refractivity contribution in [1.82, 2.24) is 9.80 Å². The normalized spacial score (nSPS) is 30.8. The number of carbonyl (C=O) groups excluding carboxylic acids is 2. The van der Waals surface area contributed by atoms with E-state index in [0.29, 0.717) is 5.92 Å². The molecule has 1 saturated carbocycles. The lowest BCUT2D eigenvalue weighted by molar-refractivity contribution is -0.154. The van der Waals surface area contributed by atoms with E-state index in [1.165, 1.54) is 32.1 Å². The molecule has 2 heterocycles. The first kappa shape index (κ1) is 13.9. The SMILES string of the molecule is O=C(C(=O)N1CCC2CCCCC2C1)N1CCCCC1. The van der Waals surface area contributed by atoms with E-state index in [1.807, 2.05) is 4.90 Å². The number of hydrogen-bond donors (Lipinski definition) is 0. The lowest BCUT2D eigenvalue weighted by Crippen LogP contribution is -2.51. The van der Waals surface area contributed by atoms with E-state index in [0.717, 1.165) is 51.4 Å². The van der Waals surface area contributed by atoms with Crippen molar-refractivity contribution in [3.63, 3.8) is 0 Å². The average Bonchev–Trinajstić information content (AvgIpc) is 2.54. The Labute approximate surface area is 121 Å². The van der Waals surface area contributed by atoms with Gasteiger partial charge in [-0.15, -0.1) is 0 Å². The number of piperidine rings is 2. The molecular weight excluding hydrogens is 252 g/mol. The fourth-order valence-corrected chi connectivity index (χ4v) is 4.15. The zero-order chi connectivity index (χ0) is 13.9. The third-order valence-corrected chi connectivity index (χ3v) is 5.40. The van der Waals surface area contributed by atoms with Crippen LogP contribution in [0.3, 0.4) is 0 Å². The number of nitrogens with zero attached hydrogens (tertiary/aromatic N) is 2.